The third-order valence-electron chi connectivity index (χ3n) is 3.63. The molecule has 0 bridgehead atoms. The molecular weight excluding hydrogens is 212 g/mol. The van der Waals surface area contributed by atoms with E-state index >= 15 is 0 Å². The van der Waals surface area contributed by atoms with Crippen molar-refractivity contribution in [1.29, 1.82) is 0 Å². The van der Waals surface area contributed by atoms with Crippen molar-refractivity contribution in [3.8, 4) is 0 Å². The van der Waals surface area contributed by atoms with Crippen molar-refractivity contribution in [3.05, 3.63) is 24.3 Å². The molecule has 0 radical (unpaired) electrons. The third kappa shape index (κ3) is 5.05. The lowest BCUT2D eigenvalue weighted by molar-refractivity contribution is -0.0752. The highest BCUT2D eigenvalue weighted by atomic mass is 16.7. The minimum Gasteiger partial charge on any atom is -0.355 e. The van der Waals surface area contributed by atoms with Gasteiger partial charge < -0.3 is 9.47 Å². The Morgan fingerprint density at radius 2 is 1.29 bits per heavy atom. The first-order chi connectivity index (χ1) is 8.45. The molecule has 0 amide bonds. The van der Waals surface area contributed by atoms with Gasteiger partial charge in [-0.1, -0.05) is 24.3 Å². The maximum Gasteiger partial charge on any atom is 0.146 e. The van der Waals surface area contributed by atoms with Gasteiger partial charge in [-0.2, -0.15) is 0 Å². The van der Waals surface area contributed by atoms with Gasteiger partial charge in [0.25, 0.3) is 0 Å². The predicted octanol–water partition coefficient (Wildman–Crippen LogP) is 3.69. The van der Waals surface area contributed by atoms with E-state index in [0.29, 0.717) is 18.6 Å². The molecule has 96 valence electrons. The number of ether oxygens (including phenoxy) is 2. The Balaban J connectivity index is 1.46. The predicted molar refractivity (Wildman–Crippen MR) is 69.7 cm³/mol. The zero-order valence-electron chi connectivity index (χ0n) is 10.6. The van der Waals surface area contributed by atoms with Crippen LogP contribution in [0.15, 0.2) is 24.3 Å². The van der Waals surface area contributed by atoms with Crippen molar-refractivity contribution in [2.45, 2.75) is 38.5 Å². The first-order valence-electron chi connectivity index (χ1n) is 6.90. The van der Waals surface area contributed by atoms with Crippen molar-refractivity contribution in [3.63, 3.8) is 0 Å². The topological polar surface area (TPSA) is 18.5 Å². The minimum atomic E-state index is 0.473. The molecule has 0 N–H and O–H groups in total. The molecule has 2 aliphatic rings. The fourth-order valence-corrected chi connectivity index (χ4v) is 2.50. The summed E-state index contributed by atoms with van der Waals surface area (Å²) in [5, 5.41) is 0. The van der Waals surface area contributed by atoms with Gasteiger partial charge in [-0.05, 0) is 50.4 Å². The summed E-state index contributed by atoms with van der Waals surface area (Å²) in [6, 6.07) is 0. The number of hydrogen-bond acceptors (Lipinski definition) is 2. The van der Waals surface area contributed by atoms with Crippen LogP contribution in [0.25, 0.3) is 0 Å². The standard InChI is InChI=1S/C15H24O2/c1-3-7-14(8-4-1)11-16-13-17-12-15-9-5-2-6-10-15/h1-3,5,14-15H,4,6-13H2. The maximum absolute atomic E-state index is 5.59. The molecular formula is C15H24O2. The van der Waals surface area contributed by atoms with Crippen molar-refractivity contribution in [2.75, 3.05) is 20.0 Å². The molecule has 0 spiro atoms. The van der Waals surface area contributed by atoms with Gasteiger partial charge in [0.2, 0.25) is 0 Å². The first-order valence-corrected chi connectivity index (χ1v) is 6.90. The van der Waals surface area contributed by atoms with Gasteiger partial charge in [0.15, 0.2) is 0 Å². The Hall–Kier alpha value is -0.600. The van der Waals surface area contributed by atoms with E-state index in [1.807, 2.05) is 0 Å². The van der Waals surface area contributed by atoms with Crippen LogP contribution >= 0.6 is 0 Å². The average Bonchev–Trinajstić information content (AvgIpc) is 2.41. The van der Waals surface area contributed by atoms with Crippen LogP contribution in [-0.2, 0) is 9.47 Å². The molecule has 0 aliphatic heterocycles. The van der Waals surface area contributed by atoms with Crippen molar-refractivity contribution in [2.24, 2.45) is 11.8 Å². The van der Waals surface area contributed by atoms with Crippen LogP contribution in [0.5, 0.6) is 0 Å². The zero-order chi connectivity index (χ0) is 11.8. The van der Waals surface area contributed by atoms with Gasteiger partial charge in [-0.25, -0.2) is 0 Å². The number of allylic oxidation sites excluding steroid dienone is 4. The summed E-state index contributed by atoms with van der Waals surface area (Å²) in [6.45, 7) is 2.18. The highest BCUT2D eigenvalue weighted by molar-refractivity contribution is 4.90. The zero-order valence-corrected chi connectivity index (χ0v) is 10.6. The summed E-state index contributed by atoms with van der Waals surface area (Å²) in [4.78, 5) is 0. The Labute approximate surface area is 105 Å². The van der Waals surface area contributed by atoms with Crippen LogP contribution in [-0.4, -0.2) is 20.0 Å². The molecule has 2 nitrogen and oxygen atoms in total. The second-order valence-corrected chi connectivity index (χ2v) is 5.16. The fourth-order valence-electron chi connectivity index (χ4n) is 2.50. The smallest absolute Gasteiger partial charge is 0.146 e. The van der Waals surface area contributed by atoms with E-state index in [1.54, 1.807) is 0 Å². The van der Waals surface area contributed by atoms with Gasteiger partial charge in [-0.3, -0.25) is 0 Å². The lowest BCUT2D eigenvalue weighted by Gasteiger charge is -2.19. The second-order valence-electron chi connectivity index (χ2n) is 5.16. The Morgan fingerprint density at radius 1 is 0.765 bits per heavy atom. The van der Waals surface area contributed by atoms with Crippen LogP contribution in [0, 0.1) is 11.8 Å². The van der Waals surface area contributed by atoms with E-state index < -0.39 is 0 Å². The SMILES string of the molecule is C1=CCC(COCOCC2CC=CCC2)CC1. The van der Waals surface area contributed by atoms with Gasteiger partial charge in [0.05, 0.1) is 13.2 Å². The fraction of sp³-hybridized carbons (Fsp3) is 0.733. The molecule has 2 aliphatic carbocycles. The molecule has 0 aromatic heterocycles. The van der Waals surface area contributed by atoms with Crippen LogP contribution in [0.1, 0.15) is 38.5 Å². The van der Waals surface area contributed by atoms with Gasteiger partial charge in [0.1, 0.15) is 6.79 Å². The second kappa shape index (κ2) is 7.67. The van der Waals surface area contributed by atoms with Gasteiger partial charge in [-0.15, -0.1) is 0 Å². The lowest BCUT2D eigenvalue weighted by atomic mass is 9.95. The van der Waals surface area contributed by atoms with Crippen LogP contribution in [0.3, 0.4) is 0 Å². The largest absolute Gasteiger partial charge is 0.355 e. The van der Waals surface area contributed by atoms with Crippen molar-refractivity contribution >= 4 is 0 Å². The summed E-state index contributed by atoms with van der Waals surface area (Å²) in [7, 11) is 0. The first kappa shape index (κ1) is 12.8. The summed E-state index contributed by atoms with van der Waals surface area (Å²) < 4.78 is 11.2. The molecule has 0 saturated heterocycles. The molecule has 2 unspecified atom stereocenters. The van der Waals surface area contributed by atoms with E-state index in [9.17, 15) is 0 Å². The van der Waals surface area contributed by atoms with Crippen molar-refractivity contribution < 1.29 is 9.47 Å². The average molecular weight is 236 g/mol. The minimum absolute atomic E-state index is 0.473. The molecule has 17 heavy (non-hydrogen) atoms. The molecule has 0 aromatic rings. The highest BCUT2D eigenvalue weighted by Gasteiger charge is 2.11. The summed E-state index contributed by atoms with van der Waals surface area (Å²) >= 11 is 0. The highest BCUT2D eigenvalue weighted by Crippen LogP contribution is 2.19. The Kier molecular flexibility index (Phi) is 5.80. The molecule has 2 heteroatoms. The van der Waals surface area contributed by atoms with Crippen LogP contribution in [0.2, 0.25) is 0 Å². The van der Waals surface area contributed by atoms with Crippen molar-refractivity contribution in [1.82, 2.24) is 0 Å². The molecule has 0 fully saturated rings. The lowest BCUT2D eigenvalue weighted by Crippen LogP contribution is -2.16. The van der Waals surface area contributed by atoms with Crippen LogP contribution < -0.4 is 0 Å². The number of rotatable bonds is 6. The van der Waals surface area contributed by atoms with E-state index in [-0.39, 0.29) is 0 Å². The van der Waals surface area contributed by atoms with Gasteiger partial charge >= 0.3 is 0 Å². The Bertz CT molecular complexity index is 232. The Morgan fingerprint density at radius 3 is 1.71 bits per heavy atom. The quantitative estimate of drug-likeness (QED) is 0.398. The molecule has 0 saturated carbocycles. The van der Waals surface area contributed by atoms with Crippen LogP contribution in [0.4, 0.5) is 0 Å². The molecule has 0 aromatic carbocycles. The summed E-state index contributed by atoms with van der Waals surface area (Å²) in [5.41, 5.74) is 0. The van der Waals surface area contributed by atoms with E-state index in [1.165, 1.54) is 38.5 Å². The summed E-state index contributed by atoms with van der Waals surface area (Å²) in [6.07, 6.45) is 16.4. The third-order valence-corrected chi connectivity index (χ3v) is 3.63. The molecule has 2 rings (SSSR count). The maximum atomic E-state index is 5.59. The normalized spacial score (nSPS) is 28.5. The number of hydrogen-bond donors (Lipinski definition) is 0. The van der Waals surface area contributed by atoms with E-state index in [2.05, 4.69) is 24.3 Å². The van der Waals surface area contributed by atoms with Gasteiger partial charge in [0, 0.05) is 0 Å². The molecule has 0 heterocycles. The monoisotopic (exact) mass is 236 g/mol. The summed E-state index contributed by atoms with van der Waals surface area (Å²) in [5.74, 6) is 1.42. The molecule has 2 atom stereocenters. The van der Waals surface area contributed by atoms with E-state index in [0.717, 1.165) is 13.2 Å². The van der Waals surface area contributed by atoms with E-state index in [4.69, 9.17) is 9.47 Å².